The number of hydrogen-bond acceptors (Lipinski definition) is 1. The highest BCUT2D eigenvalue weighted by molar-refractivity contribution is 4.95. The van der Waals surface area contributed by atoms with Gasteiger partial charge in [0.05, 0.1) is 6.54 Å². The molecule has 0 unspecified atom stereocenters. The van der Waals surface area contributed by atoms with E-state index < -0.39 is 12.7 Å². The monoisotopic (exact) mass is 235 g/mol. The predicted octanol–water partition coefficient (Wildman–Crippen LogP) is 3.47. The van der Waals surface area contributed by atoms with Gasteiger partial charge in [0.1, 0.15) is 0 Å². The minimum atomic E-state index is -4.07. The van der Waals surface area contributed by atoms with Gasteiger partial charge in [-0.3, -0.25) is 4.90 Å². The molecule has 94 valence electrons. The summed E-state index contributed by atoms with van der Waals surface area (Å²) in [6, 6.07) is 0. The van der Waals surface area contributed by atoms with Gasteiger partial charge in [-0.25, -0.2) is 0 Å². The van der Waals surface area contributed by atoms with Crippen LogP contribution in [0.5, 0.6) is 0 Å². The fraction of sp³-hybridized carbons (Fsp3) is 0.833. The molecule has 0 spiro atoms. The van der Waals surface area contributed by atoms with E-state index in [2.05, 4.69) is 20.4 Å². The van der Waals surface area contributed by atoms with Crippen molar-refractivity contribution in [2.75, 3.05) is 19.6 Å². The lowest BCUT2D eigenvalue weighted by molar-refractivity contribution is -0.149. The van der Waals surface area contributed by atoms with Gasteiger partial charge in [0.15, 0.2) is 0 Å². The Morgan fingerprint density at radius 2 is 1.75 bits per heavy atom. The number of likely N-dealkylation sites (tertiary alicyclic amines) is 1. The van der Waals surface area contributed by atoms with Gasteiger partial charge in [-0.05, 0) is 37.3 Å². The van der Waals surface area contributed by atoms with Gasteiger partial charge in [0.25, 0.3) is 0 Å². The number of allylic oxidation sites excluding steroid dienone is 1. The van der Waals surface area contributed by atoms with Crippen molar-refractivity contribution in [1.29, 1.82) is 0 Å². The molecule has 1 fully saturated rings. The molecule has 1 nitrogen and oxygen atoms in total. The van der Waals surface area contributed by atoms with Crippen molar-refractivity contribution < 1.29 is 13.2 Å². The van der Waals surface area contributed by atoms with Crippen LogP contribution in [0, 0.1) is 11.3 Å². The third-order valence-electron chi connectivity index (χ3n) is 3.57. The van der Waals surface area contributed by atoms with Crippen LogP contribution < -0.4 is 0 Å². The molecule has 0 aliphatic carbocycles. The first kappa shape index (κ1) is 13.6. The minimum Gasteiger partial charge on any atom is -0.295 e. The van der Waals surface area contributed by atoms with Crippen molar-refractivity contribution >= 4 is 0 Å². The van der Waals surface area contributed by atoms with Crippen LogP contribution in [0.1, 0.15) is 26.7 Å². The largest absolute Gasteiger partial charge is 0.401 e. The van der Waals surface area contributed by atoms with E-state index in [1.165, 1.54) is 4.90 Å². The first-order chi connectivity index (χ1) is 7.24. The average molecular weight is 235 g/mol. The molecule has 1 saturated heterocycles. The number of rotatable bonds is 3. The van der Waals surface area contributed by atoms with E-state index in [0.717, 1.165) is 12.8 Å². The molecule has 1 rings (SSSR count). The van der Waals surface area contributed by atoms with E-state index in [9.17, 15) is 13.2 Å². The SMILES string of the molecule is C=CC(C)(C)C1CCN(CC(F)(F)F)CC1. The molecule has 0 amide bonds. The molecule has 0 aromatic carbocycles. The van der Waals surface area contributed by atoms with Gasteiger partial charge in [-0.1, -0.05) is 19.9 Å². The second-order valence-corrected chi connectivity index (χ2v) is 5.19. The number of alkyl halides is 3. The summed E-state index contributed by atoms with van der Waals surface area (Å²) >= 11 is 0. The summed E-state index contributed by atoms with van der Waals surface area (Å²) in [6.07, 6.45) is -0.498. The Hall–Kier alpha value is -0.510. The Bertz CT molecular complexity index is 237. The molecule has 0 aromatic rings. The Morgan fingerprint density at radius 3 is 2.12 bits per heavy atom. The van der Waals surface area contributed by atoms with E-state index in [-0.39, 0.29) is 5.41 Å². The first-order valence-electron chi connectivity index (χ1n) is 5.67. The van der Waals surface area contributed by atoms with Gasteiger partial charge in [0.2, 0.25) is 0 Å². The van der Waals surface area contributed by atoms with Crippen molar-refractivity contribution in [3.63, 3.8) is 0 Å². The molecule has 0 N–H and O–H groups in total. The smallest absolute Gasteiger partial charge is 0.295 e. The lowest BCUT2D eigenvalue weighted by atomic mass is 9.74. The summed E-state index contributed by atoms with van der Waals surface area (Å²) in [6.45, 7) is 8.31. The van der Waals surface area contributed by atoms with Gasteiger partial charge in [-0.15, -0.1) is 6.58 Å². The van der Waals surface area contributed by atoms with Crippen LogP contribution in [0.4, 0.5) is 13.2 Å². The molecule has 0 radical (unpaired) electrons. The Balaban J connectivity index is 2.43. The van der Waals surface area contributed by atoms with E-state index in [1.807, 2.05) is 6.08 Å². The van der Waals surface area contributed by atoms with Crippen LogP contribution in [0.2, 0.25) is 0 Å². The highest BCUT2D eigenvalue weighted by Crippen LogP contribution is 2.36. The van der Waals surface area contributed by atoms with Crippen molar-refractivity contribution in [3.05, 3.63) is 12.7 Å². The van der Waals surface area contributed by atoms with Crippen LogP contribution in [-0.4, -0.2) is 30.7 Å². The van der Waals surface area contributed by atoms with E-state index in [4.69, 9.17) is 0 Å². The molecular formula is C12H20F3N. The highest BCUT2D eigenvalue weighted by Gasteiger charge is 2.35. The van der Waals surface area contributed by atoms with Crippen molar-refractivity contribution in [2.24, 2.45) is 11.3 Å². The van der Waals surface area contributed by atoms with Crippen molar-refractivity contribution in [2.45, 2.75) is 32.9 Å². The van der Waals surface area contributed by atoms with E-state index in [1.54, 1.807) is 0 Å². The van der Waals surface area contributed by atoms with Gasteiger partial charge >= 0.3 is 6.18 Å². The first-order valence-corrected chi connectivity index (χ1v) is 5.67. The summed E-state index contributed by atoms with van der Waals surface area (Å²) in [7, 11) is 0. The zero-order valence-electron chi connectivity index (χ0n) is 9.98. The molecule has 0 atom stereocenters. The lowest BCUT2D eigenvalue weighted by Gasteiger charge is -2.39. The van der Waals surface area contributed by atoms with Crippen LogP contribution in [0.15, 0.2) is 12.7 Å². The Labute approximate surface area is 95.3 Å². The molecule has 16 heavy (non-hydrogen) atoms. The topological polar surface area (TPSA) is 3.24 Å². The van der Waals surface area contributed by atoms with E-state index >= 15 is 0 Å². The molecule has 0 bridgehead atoms. The summed E-state index contributed by atoms with van der Waals surface area (Å²) in [5.41, 5.74) is 0.0321. The lowest BCUT2D eigenvalue weighted by Crippen LogP contribution is -2.42. The molecule has 0 saturated carbocycles. The molecule has 4 heteroatoms. The van der Waals surface area contributed by atoms with E-state index in [0.29, 0.717) is 19.0 Å². The normalized spacial score (nSPS) is 21.1. The molecule has 1 aliphatic rings. The van der Waals surface area contributed by atoms with Gasteiger partial charge in [-0.2, -0.15) is 13.2 Å². The fourth-order valence-corrected chi connectivity index (χ4v) is 2.26. The van der Waals surface area contributed by atoms with Crippen molar-refractivity contribution in [3.8, 4) is 0 Å². The highest BCUT2D eigenvalue weighted by atomic mass is 19.4. The third-order valence-corrected chi connectivity index (χ3v) is 3.57. The molecule has 0 aromatic heterocycles. The molecule has 1 heterocycles. The Morgan fingerprint density at radius 1 is 1.25 bits per heavy atom. The summed E-state index contributed by atoms with van der Waals surface area (Å²) in [4.78, 5) is 1.50. The summed E-state index contributed by atoms with van der Waals surface area (Å²) in [5, 5.41) is 0. The Kier molecular flexibility index (Phi) is 4.05. The van der Waals surface area contributed by atoms with Crippen LogP contribution in [0.25, 0.3) is 0 Å². The maximum atomic E-state index is 12.2. The second kappa shape index (κ2) is 4.78. The van der Waals surface area contributed by atoms with Gasteiger partial charge < -0.3 is 0 Å². The minimum absolute atomic E-state index is 0.0321. The number of nitrogens with zero attached hydrogens (tertiary/aromatic N) is 1. The van der Waals surface area contributed by atoms with Crippen LogP contribution in [-0.2, 0) is 0 Å². The predicted molar refractivity (Wildman–Crippen MR) is 59.2 cm³/mol. The number of hydrogen-bond donors (Lipinski definition) is 0. The fourth-order valence-electron chi connectivity index (χ4n) is 2.26. The maximum Gasteiger partial charge on any atom is 0.401 e. The second-order valence-electron chi connectivity index (χ2n) is 5.19. The maximum absolute atomic E-state index is 12.2. The number of piperidine rings is 1. The average Bonchev–Trinajstić information content (AvgIpc) is 2.16. The van der Waals surface area contributed by atoms with Crippen LogP contribution in [0.3, 0.4) is 0 Å². The standard InChI is InChI=1S/C12H20F3N/c1-4-11(2,3)10-5-7-16(8-6-10)9-12(13,14)15/h4,10H,1,5-9H2,2-3H3. The third kappa shape index (κ3) is 3.81. The van der Waals surface area contributed by atoms with Gasteiger partial charge in [0, 0.05) is 0 Å². The zero-order valence-corrected chi connectivity index (χ0v) is 9.98. The van der Waals surface area contributed by atoms with Crippen molar-refractivity contribution in [1.82, 2.24) is 4.90 Å². The summed E-state index contributed by atoms with van der Waals surface area (Å²) < 4.78 is 36.5. The molecule has 1 aliphatic heterocycles. The summed E-state index contributed by atoms with van der Waals surface area (Å²) in [5.74, 6) is 0.453. The quantitative estimate of drug-likeness (QED) is 0.677. The number of halogens is 3. The zero-order chi connectivity index (χ0) is 12.4. The molecular weight excluding hydrogens is 215 g/mol. The van der Waals surface area contributed by atoms with Crippen LogP contribution >= 0.6 is 0 Å².